The zero-order valence-electron chi connectivity index (χ0n) is 6.85. The second-order valence-corrected chi connectivity index (χ2v) is 8.46. The van der Waals surface area contributed by atoms with Crippen molar-refractivity contribution in [2.24, 2.45) is 46.8 Å². The summed E-state index contributed by atoms with van der Waals surface area (Å²) in [6.45, 7) is 0. The Morgan fingerprint density at radius 3 is 1.85 bits per heavy atom. The summed E-state index contributed by atoms with van der Waals surface area (Å²) in [6.07, 6.45) is 0. The highest BCUT2D eigenvalue weighted by atomic mass is 35.7. The lowest BCUT2D eigenvalue weighted by molar-refractivity contribution is -0.608. The molecule has 70 valence electrons. The average Bonchev–Trinajstić information content (AvgIpc) is 2.02. The minimum atomic E-state index is -3.25. The van der Waals surface area contributed by atoms with Gasteiger partial charge in [0.1, 0.15) is 0 Å². The van der Waals surface area contributed by atoms with Crippen molar-refractivity contribution in [3.63, 3.8) is 0 Å². The molecule has 6 rings (SSSR count). The predicted octanol–water partition coefficient (Wildman–Crippen LogP) is 0.923. The van der Waals surface area contributed by atoms with Gasteiger partial charge in [-0.2, -0.15) is 0 Å². The lowest BCUT2D eigenvalue weighted by atomic mass is 8.97. The second-order valence-electron chi connectivity index (χ2n) is 5.68. The van der Waals surface area contributed by atoms with Crippen molar-refractivity contribution in [2.75, 3.05) is 5.75 Å². The molecule has 0 unspecified atom stereocenters. The third-order valence-corrected chi connectivity index (χ3v) is 7.28. The van der Waals surface area contributed by atoms with Crippen molar-refractivity contribution in [2.45, 2.75) is 0 Å². The van der Waals surface area contributed by atoms with Crippen LogP contribution in [0.2, 0.25) is 0 Å². The van der Waals surface area contributed by atoms with Crippen LogP contribution in [0.3, 0.4) is 0 Å². The van der Waals surface area contributed by atoms with Gasteiger partial charge >= 0.3 is 0 Å². The third-order valence-electron chi connectivity index (χ3n) is 6.11. The Kier molecular flexibility index (Phi) is 0.677. The number of hydrogen-bond donors (Lipinski definition) is 0. The molecule has 0 aliphatic heterocycles. The summed E-state index contributed by atoms with van der Waals surface area (Å²) in [5, 5.41) is 0. The molecule has 2 nitrogen and oxygen atoms in total. The largest absolute Gasteiger partial charge is 0.233 e. The molecule has 0 bridgehead atoms. The molecule has 6 fully saturated rings. The molecule has 0 aromatic rings. The maximum atomic E-state index is 11.1. The molecular weight excluding hydrogens is 208 g/mol. The molecule has 0 heterocycles. The van der Waals surface area contributed by atoms with Crippen LogP contribution in [0.25, 0.3) is 0 Å². The number of halogens is 1. The van der Waals surface area contributed by atoms with Gasteiger partial charge in [-0.15, -0.1) is 0 Å². The van der Waals surface area contributed by atoms with Crippen LogP contribution >= 0.6 is 10.7 Å². The van der Waals surface area contributed by atoms with Crippen LogP contribution in [0, 0.1) is 46.8 Å². The first kappa shape index (κ1) is 6.67. The summed E-state index contributed by atoms with van der Waals surface area (Å²) in [7, 11) is 2.11. The Morgan fingerprint density at radius 2 is 1.46 bits per heavy atom. The molecular formula is C9H9ClO2S. The molecule has 0 aromatic carbocycles. The van der Waals surface area contributed by atoms with Gasteiger partial charge in [0.25, 0.3) is 0 Å². The standard InChI is InChI=1S/C9H9ClO2S/c10-13(11,12)1-9-6-3-2-4(6)8(9)5(2)7(3)9/h2-8H,1H2. The number of hydrogen-bond acceptors (Lipinski definition) is 2. The van der Waals surface area contributed by atoms with Crippen molar-refractivity contribution in [1.82, 2.24) is 0 Å². The van der Waals surface area contributed by atoms with Crippen LogP contribution in [-0.2, 0) is 9.05 Å². The van der Waals surface area contributed by atoms with Crippen LogP contribution < -0.4 is 0 Å². The average molecular weight is 217 g/mol. The SMILES string of the molecule is O=S(=O)(Cl)CC12C3C4C5C3C1C5C42. The molecule has 6 saturated carbocycles. The monoisotopic (exact) mass is 216 g/mol. The van der Waals surface area contributed by atoms with Gasteiger partial charge < -0.3 is 0 Å². The van der Waals surface area contributed by atoms with E-state index in [1.807, 2.05) is 0 Å². The van der Waals surface area contributed by atoms with E-state index in [0.717, 1.165) is 41.4 Å². The third kappa shape index (κ3) is 0.354. The predicted molar refractivity (Wildman–Crippen MR) is 46.5 cm³/mol. The lowest BCUT2D eigenvalue weighted by Crippen LogP contribution is -3.06. The van der Waals surface area contributed by atoms with Gasteiger partial charge in [0, 0.05) is 10.7 Å². The summed E-state index contributed by atoms with van der Waals surface area (Å²) >= 11 is 0. The van der Waals surface area contributed by atoms with E-state index in [2.05, 4.69) is 0 Å². The Labute approximate surface area is 81.1 Å². The first-order valence-corrected chi connectivity index (χ1v) is 7.47. The van der Waals surface area contributed by atoms with Gasteiger partial charge in [-0.1, -0.05) is 0 Å². The molecule has 0 radical (unpaired) electrons. The summed E-state index contributed by atoms with van der Waals surface area (Å²) in [4.78, 5) is 0. The fraction of sp³-hybridized carbons (Fsp3) is 1.00. The van der Waals surface area contributed by atoms with Gasteiger partial charge in [0.15, 0.2) is 0 Å². The van der Waals surface area contributed by atoms with Gasteiger partial charge in [-0.3, -0.25) is 0 Å². The van der Waals surface area contributed by atoms with E-state index in [4.69, 9.17) is 10.7 Å². The molecule has 0 spiro atoms. The van der Waals surface area contributed by atoms with E-state index in [9.17, 15) is 8.42 Å². The minimum absolute atomic E-state index is 0.231. The minimum Gasteiger partial charge on any atom is -0.212 e. The van der Waals surface area contributed by atoms with Gasteiger partial charge in [-0.05, 0) is 46.8 Å². The summed E-state index contributed by atoms with van der Waals surface area (Å²) in [5.41, 5.74) is 0.231. The Bertz CT molecular complexity index is 403. The zero-order chi connectivity index (χ0) is 8.75. The van der Waals surface area contributed by atoms with Crippen molar-refractivity contribution in [1.29, 1.82) is 0 Å². The zero-order valence-corrected chi connectivity index (χ0v) is 8.42. The van der Waals surface area contributed by atoms with Gasteiger partial charge in [0.05, 0.1) is 5.75 Å². The van der Waals surface area contributed by atoms with Gasteiger partial charge in [-0.25, -0.2) is 8.42 Å². The molecule has 0 N–H and O–H groups in total. The fourth-order valence-electron chi connectivity index (χ4n) is 6.26. The van der Waals surface area contributed by atoms with Crippen molar-refractivity contribution < 1.29 is 8.42 Å². The molecule has 6 aliphatic rings. The van der Waals surface area contributed by atoms with Crippen LogP contribution in [0.1, 0.15) is 0 Å². The molecule has 0 amide bonds. The molecule has 6 aliphatic carbocycles. The van der Waals surface area contributed by atoms with E-state index in [1.165, 1.54) is 0 Å². The summed E-state index contributed by atoms with van der Waals surface area (Å²) in [6, 6.07) is 0. The van der Waals surface area contributed by atoms with E-state index in [0.29, 0.717) is 0 Å². The van der Waals surface area contributed by atoms with E-state index >= 15 is 0 Å². The highest BCUT2D eigenvalue weighted by Gasteiger charge is 3.04. The van der Waals surface area contributed by atoms with Crippen LogP contribution in [-0.4, -0.2) is 14.2 Å². The fourth-order valence-corrected chi connectivity index (χ4v) is 8.00. The molecule has 0 atom stereocenters. The van der Waals surface area contributed by atoms with Crippen molar-refractivity contribution in [3.8, 4) is 0 Å². The first-order valence-electron chi connectivity index (χ1n) is 5.00. The van der Waals surface area contributed by atoms with Crippen LogP contribution in [0.4, 0.5) is 0 Å². The molecule has 0 aromatic heterocycles. The van der Waals surface area contributed by atoms with E-state index in [-0.39, 0.29) is 11.2 Å². The highest BCUT2D eigenvalue weighted by molar-refractivity contribution is 8.13. The molecule has 4 heteroatoms. The summed E-state index contributed by atoms with van der Waals surface area (Å²) < 4.78 is 22.2. The molecule has 0 saturated heterocycles. The van der Waals surface area contributed by atoms with Gasteiger partial charge in [0.2, 0.25) is 9.05 Å². The smallest absolute Gasteiger partial charge is 0.212 e. The lowest BCUT2D eigenvalue weighted by Gasteiger charge is -3.07. The quantitative estimate of drug-likeness (QED) is 0.644. The van der Waals surface area contributed by atoms with Crippen LogP contribution in [0.15, 0.2) is 0 Å². The normalized spacial score (nSPS) is 78.1. The summed E-state index contributed by atoms with van der Waals surface area (Å²) in [5.74, 6) is 6.61. The topological polar surface area (TPSA) is 34.1 Å². The Hall–Kier alpha value is 0.240. The second kappa shape index (κ2) is 1.32. The Morgan fingerprint density at radius 1 is 1.00 bits per heavy atom. The maximum Gasteiger partial charge on any atom is 0.233 e. The first-order chi connectivity index (χ1) is 6.07. The van der Waals surface area contributed by atoms with E-state index in [1.54, 1.807) is 0 Å². The van der Waals surface area contributed by atoms with Crippen molar-refractivity contribution in [3.05, 3.63) is 0 Å². The highest BCUT2D eigenvalue weighted by Crippen LogP contribution is 3.05. The number of rotatable bonds is 2. The Balaban J connectivity index is 1.60. The van der Waals surface area contributed by atoms with Crippen molar-refractivity contribution >= 4 is 19.7 Å². The molecule has 13 heavy (non-hydrogen) atoms. The van der Waals surface area contributed by atoms with E-state index < -0.39 is 9.05 Å². The van der Waals surface area contributed by atoms with Crippen LogP contribution in [0.5, 0.6) is 0 Å². The maximum absolute atomic E-state index is 11.1.